The van der Waals surface area contributed by atoms with Crippen molar-refractivity contribution in [3.63, 3.8) is 0 Å². The van der Waals surface area contributed by atoms with E-state index in [0.29, 0.717) is 30.4 Å². The molecule has 26 heavy (non-hydrogen) atoms. The van der Waals surface area contributed by atoms with E-state index in [1.807, 2.05) is 18.2 Å². The third-order valence-corrected chi connectivity index (χ3v) is 5.69. The molecular weight excluding hydrogens is 370 g/mol. The summed E-state index contributed by atoms with van der Waals surface area (Å²) in [5.74, 6) is 0.650. The second kappa shape index (κ2) is 7.26. The molecule has 0 saturated carbocycles. The van der Waals surface area contributed by atoms with Crippen molar-refractivity contribution in [3.8, 4) is 0 Å². The lowest BCUT2D eigenvalue weighted by Gasteiger charge is -2.12. The fraction of sp³-hybridized carbons (Fsp3) is 0.412. The first-order valence-electron chi connectivity index (χ1n) is 8.59. The van der Waals surface area contributed by atoms with Crippen LogP contribution in [0.2, 0.25) is 0 Å². The summed E-state index contributed by atoms with van der Waals surface area (Å²) in [5.41, 5.74) is 1.04. The van der Waals surface area contributed by atoms with Crippen LogP contribution in [0.1, 0.15) is 23.7 Å². The Hall–Kier alpha value is -2.10. The van der Waals surface area contributed by atoms with Crippen molar-refractivity contribution in [3.05, 3.63) is 40.0 Å². The molecule has 3 heterocycles. The average Bonchev–Trinajstić information content (AvgIpc) is 3.28. The highest BCUT2D eigenvalue weighted by Gasteiger charge is 2.22. The first-order chi connectivity index (χ1) is 12.6. The SMILES string of the molecule is C[NH+](Cc1nc2ccccc2s1)Cn1nc(CN2CCCC2=O)oc1=S. The van der Waals surface area contributed by atoms with Gasteiger partial charge in [0.15, 0.2) is 6.67 Å². The molecule has 0 aliphatic carbocycles. The van der Waals surface area contributed by atoms with Crippen LogP contribution in [0.4, 0.5) is 0 Å². The van der Waals surface area contributed by atoms with E-state index >= 15 is 0 Å². The Kier molecular flexibility index (Phi) is 4.84. The van der Waals surface area contributed by atoms with Crippen molar-refractivity contribution < 1.29 is 14.1 Å². The van der Waals surface area contributed by atoms with E-state index in [0.717, 1.165) is 30.0 Å². The maximum atomic E-state index is 11.7. The van der Waals surface area contributed by atoms with Crippen LogP contribution in [0, 0.1) is 4.84 Å². The number of carbonyl (C=O) groups is 1. The Balaban J connectivity index is 1.41. The van der Waals surface area contributed by atoms with Crippen LogP contribution in [0.3, 0.4) is 0 Å². The van der Waals surface area contributed by atoms with Crippen LogP contribution in [-0.4, -0.2) is 39.2 Å². The van der Waals surface area contributed by atoms with Crippen LogP contribution in [0.5, 0.6) is 0 Å². The van der Waals surface area contributed by atoms with Crippen LogP contribution >= 0.6 is 23.6 Å². The van der Waals surface area contributed by atoms with E-state index in [1.54, 1.807) is 20.9 Å². The third-order valence-electron chi connectivity index (χ3n) is 4.36. The standard InChI is InChI=1S/C17H19N5O2S2/c1-20(10-15-18-12-5-2-3-6-13(12)26-15)11-22-17(25)24-14(19-22)9-21-8-4-7-16(21)23/h2-3,5-6H,4,7-11H2,1H3/p+1. The Morgan fingerprint density at radius 1 is 1.38 bits per heavy atom. The summed E-state index contributed by atoms with van der Waals surface area (Å²) in [4.78, 5) is 19.7. The molecule has 1 aliphatic heterocycles. The number of amides is 1. The molecule has 3 aromatic rings. The Labute approximate surface area is 159 Å². The van der Waals surface area contributed by atoms with E-state index in [9.17, 15) is 4.79 Å². The molecule has 4 rings (SSSR count). The molecule has 2 aromatic heterocycles. The largest absolute Gasteiger partial charge is 0.412 e. The van der Waals surface area contributed by atoms with Gasteiger partial charge in [0.2, 0.25) is 11.8 Å². The molecule has 1 unspecified atom stereocenters. The number of likely N-dealkylation sites (tertiary alicyclic amines) is 1. The lowest BCUT2D eigenvalue weighted by molar-refractivity contribution is -0.917. The highest BCUT2D eigenvalue weighted by atomic mass is 32.1. The number of thiazole rings is 1. The molecule has 1 aliphatic rings. The number of quaternary nitrogens is 1. The lowest BCUT2D eigenvalue weighted by Crippen LogP contribution is -3.07. The third kappa shape index (κ3) is 3.69. The van der Waals surface area contributed by atoms with Crippen molar-refractivity contribution in [2.75, 3.05) is 13.6 Å². The summed E-state index contributed by atoms with van der Waals surface area (Å²) in [7, 11) is 2.08. The zero-order chi connectivity index (χ0) is 18.1. The van der Waals surface area contributed by atoms with Crippen molar-refractivity contribution in [1.82, 2.24) is 19.7 Å². The number of fused-ring (bicyclic) bond motifs is 1. The number of para-hydroxylation sites is 1. The molecule has 136 valence electrons. The fourth-order valence-electron chi connectivity index (χ4n) is 3.11. The number of carbonyl (C=O) groups excluding carboxylic acids is 1. The van der Waals surface area contributed by atoms with Crippen LogP contribution in [0.25, 0.3) is 10.2 Å². The molecule has 1 atom stereocenters. The molecule has 0 spiro atoms. The molecule has 1 saturated heterocycles. The van der Waals surface area contributed by atoms with E-state index in [1.165, 1.54) is 9.60 Å². The van der Waals surface area contributed by atoms with Gasteiger partial charge in [-0.3, -0.25) is 4.79 Å². The van der Waals surface area contributed by atoms with Gasteiger partial charge in [-0.05, 0) is 30.8 Å². The van der Waals surface area contributed by atoms with Crippen molar-refractivity contribution in [2.45, 2.75) is 32.6 Å². The van der Waals surface area contributed by atoms with Gasteiger partial charge in [-0.15, -0.1) is 16.4 Å². The minimum Gasteiger partial charge on any atom is -0.412 e. The molecule has 7 nitrogen and oxygen atoms in total. The summed E-state index contributed by atoms with van der Waals surface area (Å²) in [6, 6.07) is 8.15. The van der Waals surface area contributed by atoms with Crippen molar-refractivity contribution >= 4 is 39.7 Å². The number of rotatable bonds is 6. The van der Waals surface area contributed by atoms with E-state index in [-0.39, 0.29) is 5.91 Å². The number of hydrogen-bond donors (Lipinski definition) is 1. The van der Waals surface area contributed by atoms with Crippen molar-refractivity contribution in [1.29, 1.82) is 0 Å². The minimum atomic E-state index is 0.152. The van der Waals surface area contributed by atoms with E-state index < -0.39 is 0 Å². The van der Waals surface area contributed by atoms with Crippen LogP contribution in [-0.2, 0) is 24.6 Å². The molecular formula is C17H20N5O2S2+. The average molecular weight is 391 g/mol. The lowest BCUT2D eigenvalue weighted by atomic mass is 10.3. The number of nitrogens with one attached hydrogen (secondary N) is 1. The Morgan fingerprint density at radius 2 is 2.23 bits per heavy atom. The maximum absolute atomic E-state index is 11.7. The molecule has 0 radical (unpaired) electrons. The van der Waals surface area contributed by atoms with Gasteiger partial charge in [0.1, 0.15) is 11.6 Å². The molecule has 1 fully saturated rings. The predicted octanol–water partition coefficient (Wildman–Crippen LogP) is 1.61. The second-order valence-electron chi connectivity index (χ2n) is 6.55. The van der Waals surface area contributed by atoms with Crippen LogP contribution in [0.15, 0.2) is 28.7 Å². The Morgan fingerprint density at radius 3 is 3.00 bits per heavy atom. The summed E-state index contributed by atoms with van der Waals surface area (Å²) >= 11 is 6.99. The number of hydrogen-bond acceptors (Lipinski definition) is 6. The number of nitrogens with zero attached hydrogens (tertiary/aromatic N) is 4. The minimum absolute atomic E-state index is 0.152. The summed E-state index contributed by atoms with van der Waals surface area (Å²) in [5, 5.41) is 5.53. The topological polar surface area (TPSA) is 68.6 Å². The van der Waals surface area contributed by atoms with Gasteiger partial charge in [-0.25, -0.2) is 4.98 Å². The smallest absolute Gasteiger partial charge is 0.291 e. The molecule has 1 N–H and O–H groups in total. The number of benzene rings is 1. The number of aromatic nitrogens is 3. The van der Waals surface area contributed by atoms with Gasteiger partial charge in [-0.1, -0.05) is 12.1 Å². The second-order valence-corrected chi connectivity index (χ2v) is 8.01. The summed E-state index contributed by atoms with van der Waals surface area (Å²) in [6.07, 6.45) is 1.51. The predicted molar refractivity (Wildman–Crippen MR) is 100 cm³/mol. The highest BCUT2D eigenvalue weighted by molar-refractivity contribution is 7.71. The van der Waals surface area contributed by atoms with Crippen molar-refractivity contribution in [2.24, 2.45) is 0 Å². The summed E-state index contributed by atoms with van der Waals surface area (Å²) in [6.45, 7) is 2.53. The summed E-state index contributed by atoms with van der Waals surface area (Å²) < 4.78 is 8.46. The first kappa shape index (κ1) is 17.3. The quantitative estimate of drug-likeness (QED) is 0.648. The zero-order valence-corrected chi connectivity index (χ0v) is 16.1. The zero-order valence-electron chi connectivity index (χ0n) is 14.5. The van der Waals surface area contributed by atoms with Gasteiger partial charge in [0.05, 0.1) is 23.8 Å². The monoisotopic (exact) mass is 390 g/mol. The van der Waals surface area contributed by atoms with E-state index in [2.05, 4.69) is 23.2 Å². The molecule has 1 amide bonds. The van der Waals surface area contributed by atoms with Gasteiger partial charge in [0.25, 0.3) is 4.84 Å². The Bertz CT molecular complexity index is 959. The normalized spacial score (nSPS) is 15.9. The molecule has 1 aromatic carbocycles. The van der Waals surface area contributed by atoms with Crippen LogP contribution < -0.4 is 4.90 Å². The highest BCUT2D eigenvalue weighted by Crippen LogP contribution is 2.20. The maximum Gasteiger partial charge on any atom is 0.291 e. The van der Waals surface area contributed by atoms with Gasteiger partial charge in [-0.2, -0.15) is 4.68 Å². The van der Waals surface area contributed by atoms with Gasteiger partial charge in [0, 0.05) is 13.0 Å². The van der Waals surface area contributed by atoms with Gasteiger partial charge < -0.3 is 14.2 Å². The molecule has 9 heteroatoms. The van der Waals surface area contributed by atoms with E-state index in [4.69, 9.17) is 16.6 Å². The molecule has 0 bridgehead atoms. The van der Waals surface area contributed by atoms with Gasteiger partial charge >= 0.3 is 0 Å². The first-order valence-corrected chi connectivity index (χ1v) is 9.81. The fourth-order valence-corrected chi connectivity index (χ4v) is 4.40.